The molecule has 1 N–H and O–H groups in total. The van der Waals surface area contributed by atoms with Gasteiger partial charge in [0.1, 0.15) is 18.2 Å². The number of nitrogens with one attached hydrogen (secondary N) is 1. The fraction of sp³-hybridized carbons (Fsp3) is 0.100. The summed E-state index contributed by atoms with van der Waals surface area (Å²) in [5, 5.41) is 11.1. The number of para-hydroxylation sites is 2. The molecule has 0 radical (unpaired) electrons. The molecule has 8 heteroatoms. The molecule has 1 aromatic heterocycles. The topological polar surface area (TPSA) is 103 Å². The number of hydrogen-bond donors (Lipinski definition) is 1. The van der Waals surface area contributed by atoms with Crippen LogP contribution in [0.25, 0.3) is 11.0 Å². The number of carbonyl (C=O) groups excluding carboxylic acids is 3. The second-order valence-corrected chi connectivity index (χ2v) is 8.62. The lowest BCUT2D eigenvalue weighted by atomic mass is 10.0. The zero-order valence-corrected chi connectivity index (χ0v) is 20.4. The van der Waals surface area contributed by atoms with Crippen molar-refractivity contribution in [2.24, 2.45) is 0 Å². The van der Waals surface area contributed by atoms with Crippen LogP contribution in [0.15, 0.2) is 109 Å². The third kappa shape index (κ3) is 5.49. The summed E-state index contributed by atoms with van der Waals surface area (Å²) < 4.78 is 6.87. The Bertz CT molecular complexity index is 1580. The molecule has 1 heterocycles. The summed E-state index contributed by atoms with van der Waals surface area (Å²) >= 11 is 0. The SMILES string of the molecule is O=C(CC(C(=O)Nc1ccccc1C(=O)c1ccccc1)n1nnc2ccccc21)OCc1ccccc1. The number of benzene rings is 4. The zero-order valence-electron chi connectivity index (χ0n) is 20.4. The number of anilines is 1. The number of amides is 1. The van der Waals surface area contributed by atoms with Gasteiger partial charge in [0.25, 0.3) is 0 Å². The first kappa shape index (κ1) is 24.6. The van der Waals surface area contributed by atoms with Gasteiger partial charge in [0.15, 0.2) is 5.78 Å². The molecule has 0 aliphatic rings. The van der Waals surface area contributed by atoms with Crippen molar-refractivity contribution in [3.8, 4) is 0 Å². The molecule has 1 unspecified atom stereocenters. The first-order chi connectivity index (χ1) is 18.6. The number of fused-ring (bicyclic) bond motifs is 1. The molecular formula is C30H24N4O4. The highest BCUT2D eigenvalue weighted by Crippen LogP contribution is 2.24. The largest absolute Gasteiger partial charge is 0.461 e. The van der Waals surface area contributed by atoms with Gasteiger partial charge in [0.2, 0.25) is 5.91 Å². The predicted octanol–water partition coefficient (Wildman–Crippen LogP) is 4.98. The van der Waals surface area contributed by atoms with E-state index in [2.05, 4.69) is 15.6 Å². The van der Waals surface area contributed by atoms with E-state index in [1.165, 1.54) is 4.68 Å². The molecule has 0 aliphatic carbocycles. The van der Waals surface area contributed by atoms with E-state index in [1.807, 2.05) is 42.5 Å². The Balaban J connectivity index is 1.41. The Hall–Kier alpha value is -5.11. The highest BCUT2D eigenvalue weighted by molar-refractivity contribution is 6.14. The van der Waals surface area contributed by atoms with Crippen LogP contribution in [-0.4, -0.2) is 32.7 Å². The zero-order chi connectivity index (χ0) is 26.3. The van der Waals surface area contributed by atoms with Crippen LogP contribution in [0.2, 0.25) is 0 Å². The quantitative estimate of drug-likeness (QED) is 0.224. The second kappa shape index (κ2) is 11.3. The monoisotopic (exact) mass is 504 g/mol. The van der Waals surface area contributed by atoms with Gasteiger partial charge >= 0.3 is 5.97 Å². The molecule has 5 aromatic rings. The lowest BCUT2D eigenvalue weighted by Crippen LogP contribution is -2.30. The van der Waals surface area contributed by atoms with E-state index in [9.17, 15) is 14.4 Å². The van der Waals surface area contributed by atoms with Crippen LogP contribution in [0.3, 0.4) is 0 Å². The van der Waals surface area contributed by atoms with Crippen molar-refractivity contribution in [2.45, 2.75) is 19.1 Å². The Kier molecular flexibility index (Phi) is 7.31. The average Bonchev–Trinajstić information content (AvgIpc) is 3.39. The molecule has 0 bridgehead atoms. The maximum absolute atomic E-state index is 13.7. The van der Waals surface area contributed by atoms with Gasteiger partial charge in [-0.15, -0.1) is 5.10 Å². The standard InChI is InChI=1S/C30H24N4O4/c35-28(38-20-21-11-3-1-4-12-21)19-27(34-26-18-10-9-17-25(26)32-33-34)30(37)31-24-16-8-7-15-23(24)29(36)22-13-5-2-6-14-22/h1-18,27H,19-20H2,(H,31,37). The number of rotatable bonds is 9. The number of nitrogens with zero attached hydrogens (tertiary/aromatic N) is 3. The van der Waals surface area contributed by atoms with Gasteiger partial charge in [0.05, 0.1) is 17.6 Å². The highest BCUT2D eigenvalue weighted by atomic mass is 16.5. The summed E-state index contributed by atoms with van der Waals surface area (Å²) in [4.78, 5) is 39.7. The van der Waals surface area contributed by atoms with E-state index in [1.54, 1.807) is 66.7 Å². The summed E-state index contributed by atoms with van der Waals surface area (Å²) in [5.74, 6) is -1.32. The number of ketones is 1. The van der Waals surface area contributed by atoms with Crippen LogP contribution in [0.4, 0.5) is 5.69 Å². The fourth-order valence-corrected chi connectivity index (χ4v) is 4.11. The van der Waals surface area contributed by atoms with Gasteiger partial charge < -0.3 is 10.1 Å². The number of esters is 1. The minimum absolute atomic E-state index is 0.0839. The molecule has 4 aromatic carbocycles. The molecule has 1 atom stereocenters. The van der Waals surface area contributed by atoms with Gasteiger partial charge in [0, 0.05) is 11.1 Å². The first-order valence-corrected chi connectivity index (χ1v) is 12.1. The summed E-state index contributed by atoms with van der Waals surface area (Å²) in [7, 11) is 0. The molecule has 1 amide bonds. The maximum atomic E-state index is 13.7. The number of hydrogen-bond acceptors (Lipinski definition) is 6. The van der Waals surface area contributed by atoms with Crippen molar-refractivity contribution in [3.63, 3.8) is 0 Å². The van der Waals surface area contributed by atoms with Crippen molar-refractivity contribution < 1.29 is 19.1 Å². The Morgan fingerprint density at radius 2 is 1.45 bits per heavy atom. The van der Waals surface area contributed by atoms with Crippen molar-refractivity contribution >= 4 is 34.4 Å². The van der Waals surface area contributed by atoms with Gasteiger partial charge in [-0.25, -0.2) is 4.68 Å². The van der Waals surface area contributed by atoms with E-state index in [4.69, 9.17) is 4.74 Å². The summed E-state index contributed by atoms with van der Waals surface area (Å²) in [6, 6.07) is 31.0. The minimum atomic E-state index is -1.06. The second-order valence-electron chi connectivity index (χ2n) is 8.62. The number of aromatic nitrogens is 3. The van der Waals surface area contributed by atoms with E-state index >= 15 is 0 Å². The van der Waals surface area contributed by atoms with Gasteiger partial charge in [-0.1, -0.05) is 90.1 Å². The molecule has 0 saturated heterocycles. The summed E-state index contributed by atoms with van der Waals surface area (Å²) in [6.07, 6.45) is -0.277. The summed E-state index contributed by atoms with van der Waals surface area (Å²) in [6.45, 7) is 0.0839. The summed E-state index contributed by atoms with van der Waals surface area (Å²) in [5.41, 5.74) is 3.18. The van der Waals surface area contributed by atoms with Crippen molar-refractivity contribution in [1.29, 1.82) is 0 Å². The average molecular weight is 505 g/mol. The Labute approximate surface area is 218 Å². The molecule has 0 fully saturated rings. The smallest absolute Gasteiger partial charge is 0.308 e. The van der Waals surface area contributed by atoms with E-state index in [0.717, 1.165) is 5.56 Å². The van der Waals surface area contributed by atoms with E-state index in [0.29, 0.717) is 27.8 Å². The Morgan fingerprint density at radius 1 is 0.789 bits per heavy atom. The van der Waals surface area contributed by atoms with Gasteiger partial charge in [-0.05, 0) is 29.8 Å². The minimum Gasteiger partial charge on any atom is -0.461 e. The van der Waals surface area contributed by atoms with Gasteiger partial charge in [-0.2, -0.15) is 0 Å². The normalized spacial score (nSPS) is 11.6. The van der Waals surface area contributed by atoms with Crippen LogP contribution in [-0.2, 0) is 20.9 Å². The number of ether oxygens (including phenoxy) is 1. The van der Waals surface area contributed by atoms with Crippen LogP contribution in [0.1, 0.15) is 33.9 Å². The molecule has 188 valence electrons. The molecule has 5 rings (SSSR count). The van der Waals surface area contributed by atoms with Gasteiger partial charge in [-0.3, -0.25) is 14.4 Å². The van der Waals surface area contributed by atoms with Crippen LogP contribution in [0.5, 0.6) is 0 Å². The molecule has 8 nitrogen and oxygen atoms in total. The maximum Gasteiger partial charge on any atom is 0.308 e. The third-order valence-electron chi connectivity index (χ3n) is 6.04. The van der Waals surface area contributed by atoms with Crippen LogP contribution in [0, 0.1) is 0 Å². The predicted molar refractivity (Wildman–Crippen MR) is 142 cm³/mol. The van der Waals surface area contributed by atoms with E-state index < -0.39 is 17.9 Å². The van der Waals surface area contributed by atoms with Crippen molar-refractivity contribution in [3.05, 3.63) is 126 Å². The van der Waals surface area contributed by atoms with Crippen molar-refractivity contribution in [2.75, 3.05) is 5.32 Å². The third-order valence-corrected chi connectivity index (χ3v) is 6.04. The fourth-order valence-electron chi connectivity index (χ4n) is 4.11. The van der Waals surface area contributed by atoms with Crippen molar-refractivity contribution in [1.82, 2.24) is 15.0 Å². The van der Waals surface area contributed by atoms with Crippen LogP contribution >= 0.6 is 0 Å². The first-order valence-electron chi connectivity index (χ1n) is 12.1. The molecular weight excluding hydrogens is 480 g/mol. The molecule has 0 aliphatic heterocycles. The number of carbonyl (C=O) groups is 3. The molecule has 0 saturated carbocycles. The molecule has 38 heavy (non-hydrogen) atoms. The lowest BCUT2D eigenvalue weighted by molar-refractivity contribution is -0.147. The molecule has 0 spiro atoms. The van der Waals surface area contributed by atoms with E-state index in [-0.39, 0.29) is 18.8 Å². The lowest BCUT2D eigenvalue weighted by Gasteiger charge is -2.18. The Morgan fingerprint density at radius 3 is 2.24 bits per heavy atom. The van der Waals surface area contributed by atoms with Crippen LogP contribution < -0.4 is 5.32 Å². The highest BCUT2D eigenvalue weighted by Gasteiger charge is 2.28.